The minimum Gasteiger partial charge on any atom is -0.508 e. The van der Waals surface area contributed by atoms with Crippen molar-refractivity contribution in [1.82, 2.24) is 5.43 Å². The molecule has 4 nitrogen and oxygen atoms in total. The minimum absolute atomic E-state index is 0.156. The maximum Gasteiger partial charge on any atom is 0.271 e. The molecular weight excluding hydrogens is 252 g/mol. The van der Waals surface area contributed by atoms with E-state index < -0.39 is 0 Å². The highest BCUT2D eigenvalue weighted by Gasteiger charge is 2.40. The van der Waals surface area contributed by atoms with Crippen molar-refractivity contribution >= 4 is 11.6 Å². The molecule has 1 amide bonds. The Morgan fingerprint density at radius 2 is 2.00 bits per heavy atom. The molecule has 0 unspecified atom stereocenters. The van der Waals surface area contributed by atoms with Crippen LogP contribution in [0.15, 0.2) is 29.4 Å². The molecule has 0 aliphatic heterocycles. The van der Waals surface area contributed by atoms with Gasteiger partial charge in [-0.25, -0.2) is 5.43 Å². The summed E-state index contributed by atoms with van der Waals surface area (Å²) >= 11 is 0. The summed E-state index contributed by atoms with van der Waals surface area (Å²) in [5, 5.41) is 13.5. The Morgan fingerprint density at radius 3 is 2.60 bits per heavy atom. The van der Waals surface area contributed by atoms with E-state index in [-0.39, 0.29) is 11.7 Å². The van der Waals surface area contributed by atoms with Gasteiger partial charge in [-0.1, -0.05) is 6.42 Å². The van der Waals surface area contributed by atoms with Crippen molar-refractivity contribution in [1.29, 1.82) is 0 Å². The van der Waals surface area contributed by atoms with Gasteiger partial charge in [-0.05, 0) is 62.3 Å². The molecular formula is C16H20N2O2. The Bertz CT molecular complexity index is 536. The average molecular weight is 272 g/mol. The number of phenols is 1. The number of benzene rings is 1. The number of carbonyl (C=O) groups excluding carboxylic acids is 1. The van der Waals surface area contributed by atoms with Crippen LogP contribution in [0.3, 0.4) is 0 Å². The van der Waals surface area contributed by atoms with Gasteiger partial charge < -0.3 is 5.11 Å². The summed E-state index contributed by atoms with van der Waals surface area (Å²) in [6, 6.07) is 6.18. The summed E-state index contributed by atoms with van der Waals surface area (Å²) in [4.78, 5) is 11.9. The van der Waals surface area contributed by atoms with E-state index in [1.54, 1.807) is 12.1 Å². The first-order chi connectivity index (χ1) is 9.63. The van der Waals surface area contributed by atoms with Gasteiger partial charge in [-0.2, -0.15) is 5.10 Å². The topological polar surface area (TPSA) is 61.7 Å². The summed E-state index contributed by atoms with van der Waals surface area (Å²) in [6.07, 6.45) is 5.25. The van der Waals surface area contributed by atoms with Crippen LogP contribution in [0, 0.1) is 17.8 Å². The van der Waals surface area contributed by atoms with Gasteiger partial charge in [0, 0.05) is 17.2 Å². The average Bonchev–Trinajstić information content (AvgIpc) is 3.08. The fraction of sp³-hybridized carbons (Fsp3) is 0.500. The van der Waals surface area contributed by atoms with E-state index in [0.29, 0.717) is 11.5 Å². The number of amides is 1. The predicted octanol–water partition coefficient (Wildman–Crippen LogP) is 2.93. The summed E-state index contributed by atoms with van der Waals surface area (Å²) < 4.78 is 0. The van der Waals surface area contributed by atoms with E-state index in [2.05, 4.69) is 10.5 Å². The van der Waals surface area contributed by atoms with Gasteiger partial charge in [0.2, 0.25) is 0 Å². The van der Waals surface area contributed by atoms with Gasteiger partial charge in [-0.15, -0.1) is 0 Å². The van der Waals surface area contributed by atoms with Gasteiger partial charge in [0.25, 0.3) is 5.91 Å². The van der Waals surface area contributed by atoms with Crippen LogP contribution in [0.25, 0.3) is 0 Å². The lowest BCUT2D eigenvalue weighted by molar-refractivity contribution is 0.0954. The van der Waals surface area contributed by atoms with E-state index in [9.17, 15) is 9.90 Å². The quantitative estimate of drug-likeness (QED) is 0.656. The molecule has 2 fully saturated rings. The standard InChI is InChI=1S/C16H20N2O2/c1-10(15-9-11-2-3-13(15)8-11)17-18-16(20)12-4-6-14(19)7-5-12/h4-7,11,13,15,19H,2-3,8-9H2,1H3,(H,18,20)/b17-10-/t11-,13+,15-/m0/s1. The maximum absolute atomic E-state index is 11.9. The lowest BCUT2D eigenvalue weighted by Crippen LogP contribution is -2.24. The maximum atomic E-state index is 11.9. The summed E-state index contributed by atoms with van der Waals surface area (Å²) in [6.45, 7) is 2.02. The monoisotopic (exact) mass is 272 g/mol. The Morgan fingerprint density at radius 1 is 1.25 bits per heavy atom. The van der Waals surface area contributed by atoms with Crippen LogP contribution in [-0.2, 0) is 0 Å². The van der Waals surface area contributed by atoms with Crippen molar-refractivity contribution in [3.63, 3.8) is 0 Å². The first-order valence-electron chi connectivity index (χ1n) is 7.27. The normalized spacial score (nSPS) is 28.6. The third-order valence-corrected chi connectivity index (χ3v) is 4.74. The molecule has 0 radical (unpaired) electrons. The number of hydrogen-bond donors (Lipinski definition) is 2. The van der Waals surface area contributed by atoms with E-state index >= 15 is 0 Å². The van der Waals surface area contributed by atoms with Crippen LogP contribution in [0.2, 0.25) is 0 Å². The number of nitrogens with one attached hydrogen (secondary N) is 1. The predicted molar refractivity (Wildman–Crippen MR) is 77.6 cm³/mol. The van der Waals surface area contributed by atoms with Crippen LogP contribution in [0.4, 0.5) is 0 Å². The molecule has 1 aromatic rings. The van der Waals surface area contributed by atoms with Gasteiger partial charge in [-0.3, -0.25) is 4.79 Å². The molecule has 0 spiro atoms. The zero-order valence-electron chi connectivity index (χ0n) is 11.7. The van der Waals surface area contributed by atoms with E-state index in [1.165, 1.54) is 37.8 Å². The Labute approximate surface area is 118 Å². The molecule has 1 aromatic carbocycles. The van der Waals surface area contributed by atoms with Crippen molar-refractivity contribution in [3.05, 3.63) is 29.8 Å². The van der Waals surface area contributed by atoms with Crippen LogP contribution >= 0.6 is 0 Å². The summed E-state index contributed by atoms with van der Waals surface area (Å²) in [5.41, 5.74) is 4.17. The Hall–Kier alpha value is -1.84. The second-order valence-electron chi connectivity index (χ2n) is 6.02. The van der Waals surface area contributed by atoms with Gasteiger partial charge >= 0.3 is 0 Å². The van der Waals surface area contributed by atoms with E-state index in [1.807, 2.05) is 6.92 Å². The molecule has 20 heavy (non-hydrogen) atoms. The smallest absolute Gasteiger partial charge is 0.271 e. The Kier molecular flexibility index (Phi) is 3.47. The van der Waals surface area contributed by atoms with Crippen LogP contribution < -0.4 is 5.43 Å². The molecule has 0 saturated heterocycles. The van der Waals surface area contributed by atoms with Crippen LogP contribution in [0.1, 0.15) is 43.0 Å². The lowest BCUT2D eigenvalue weighted by atomic mass is 9.86. The van der Waals surface area contributed by atoms with Crippen LogP contribution in [-0.4, -0.2) is 16.7 Å². The van der Waals surface area contributed by atoms with Crippen LogP contribution in [0.5, 0.6) is 5.75 Å². The van der Waals surface area contributed by atoms with E-state index in [0.717, 1.165) is 17.5 Å². The largest absolute Gasteiger partial charge is 0.508 e. The highest BCUT2D eigenvalue weighted by atomic mass is 16.3. The van der Waals surface area contributed by atoms with Crippen molar-refractivity contribution in [2.45, 2.75) is 32.6 Å². The number of carbonyl (C=O) groups is 1. The highest BCUT2D eigenvalue weighted by Crippen LogP contribution is 2.48. The molecule has 0 aromatic heterocycles. The molecule has 0 heterocycles. The second-order valence-corrected chi connectivity index (χ2v) is 6.02. The molecule has 2 aliphatic carbocycles. The number of rotatable bonds is 3. The third-order valence-electron chi connectivity index (χ3n) is 4.74. The van der Waals surface area contributed by atoms with Crippen molar-refractivity contribution < 1.29 is 9.90 Å². The molecule has 3 rings (SSSR count). The molecule has 2 bridgehead atoms. The van der Waals surface area contributed by atoms with E-state index in [4.69, 9.17) is 0 Å². The number of aromatic hydroxyl groups is 1. The molecule has 2 aliphatic rings. The van der Waals surface area contributed by atoms with Crippen molar-refractivity contribution in [2.24, 2.45) is 22.9 Å². The fourth-order valence-electron chi connectivity index (χ4n) is 3.66. The third kappa shape index (κ3) is 2.55. The Balaban J connectivity index is 1.61. The first kappa shape index (κ1) is 13.2. The number of fused-ring (bicyclic) bond motifs is 2. The number of hydrazone groups is 1. The zero-order chi connectivity index (χ0) is 14.1. The molecule has 3 atom stereocenters. The number of hydrogen-bond acceptors (Lipinski definition) is 3. The van der Waals surface area contributed by atoms with Crippen molar-refractivity contribution in [3.8, 4) is 5.75 Å². The van der Waals surface area contributed by atoms with Gasteiger partial charge in [0.15, 0.2) is 0 Å². The first-order valence-corrected chi connectivity index (χ1v) is 7.27. The molecule has 2 N–H and O–H groups in total. The van der Waals surface area contributed by atoms with Gasteiger partial charge in [0.1, 0.15) is 5.75 Å². The van der Waals surface area contributed by atoms with Crippen molar-refractivity contribution in [2.75, 3.05) is 0 Å². The van der Waals surface area contributed by atoms with Gasteiger partial charge in [0.05, 0.1) is 0 Å². The number of nitrogens with zero attached hydrogens (tertiary/aromatic N) is 1. The molecule has 106 valence electrons. The molecule has 2 saturated carbocycles. The SMILES string of the molecule is C/C(=N/NC(=O)c1ccc(O)cc1)[C@@H]1C[C@H]2CC[C@@H]1C2. The highest BCUT2D eigenvalue weighted by molar-refractivity contribution is 5.95. The minimum atomic E-state index is -0.229. The molecule has 4 heteroatoms. The lowest BCUT2D eigenvalue weighted by Gasteiger charge is -2.21. The summed E-state index contributed by atoms with van der Waals surface area (Å²) in [5.74, 6) is 2.13. The fourth-order valence-corrected chi connectivity index (χ4v) is 3.66. The number of phenolic OH excluding ortho intramolecular Hbond substituents is 1. The zero-order valence-corrected chi connectivity index (χ0v) is 11.7. The second kappa shape index (κ2) is 5.27. The summed E-state index contributed by atoms with van der Waals surface area (Å²) in [7, 11) is 0.